The van der Waals surface area contributed by atoms with Crippen molar-refractivity contribution in [2.45, 2.75) is 59.0 Å². The molecule has 5 aromatic rings. The Balaban J connectivity index is 1.47. The molecule has 0 aromatic heterocycles. The van der Waals surface area contributed by atoms with E-state index < -0.39 is 7.92 Å². The molecule has 6 rings (SSSR count). The zero-order chi connectivity index (χ0) is 29.9. The average molecular weight is 583 g/mol. The van der Waals surface area contributed by atoms with E-state index in [1.165, 1.54) is 49.5 Å². The maximum absolute atomic E-state index is 2.64. The number of benzene rings is 5. The average Bonchev–Trinajstić information content (AvgIpc) is 3.05. The number of fused-ring (bicyclic) bond motifs is 1. The molecule has 0 fully saturated rings. The molecule has 0 N–H and O–H groups in total. The van der Waals surface area contributed by atoms with Crippen LogP contribution in [0.5, 0.6) is 0 Å². The Hall–Kier alpha value is -3.87. The van der Waals surface area contributed by atoms with Crippen molar-refractivity contribution >= 4 is 35.2 Å². The summed E-state index contributed by atoms with van der Waals surface area (Å²) in [6.07, 6.45) is 0. The Morgan fingerprint density at radius 2 is 1.05 bits per heavy atom. The number of anilines is 2. The van der Waals surface area contributed by atoms with Gasteiger partial charge in [0.15, 0.2) is 0 Å². The topological polar surface area (TPSA) is 6.48 Å². The quantitative estimate of drug-likeness (QED) is 0.168. The summed E-state index contributed by atoms with van der Waals surface area (Å²) in [5.74, 6) is 0.913. The van der Waals surface area contributed by atoms with Gasteiger partial charge in [0.2, 0.25) is 0 Å². The highest BCUT2D eigenvalue weighted by Gasteiger charge is 2.31. The predicted octanol–water partition coefficient (Wildman–Crippen LogP) is 9.24. The lowest BCUT2D eigenvalue weighted by molar-refractivity contribution is 0.608. The van der Waals surface area contributed by atoms with Gasteiger partial charge < -0.3 is 9.80 Å². The van der Waals surface area contributed by atoms with Crippen LogP contribution in [-0.4, -0.2) is 6.67 Å². The van der Waals surface area contributed by atoms with E-state index in [0.717, 1.165) is 13.2 Å². The summed E-state index contributed by atoms with van der Waals surface area (Å²) in [4.78, 5) is 5.28. The van der Waals surface area contributed by atoms with Gasteiger partial charge in [-0.1, -0.05) is 149 Å². The molecule has 1 heterocycles. The van der Waals surface area contributed by atoms with Gasteiger partial charge in [-0.25, -0.2) is 0 Å². The van der Waals surface area contributed by atoms with Crippen molar-refractivity contribution in [1.29, 1.82) is 0 Å². The zero-order valence-corrected chi connectivity index (χ0v) is 27.0. The molecule has 0 radical (unpaired) electrons. The monoisotopic (exact) mass is 582 g/mol. The highest BCUT2D eigenvalue weighted by Crippen LogP contribution is 2.43. The summed E-state index contributed by atoms with van der Waals surface area (Å²) < 4.78 is 0. The summed E-state index contributed by atoms with van der Waals surface area (Å²) in [7, 11) is -0.710. The molecule has 2 nitrogen and oxygen atoms in total. The standard InChI is InChI=1S/C40H43N2P/c1-29(2)35-23-16-24-36(30(3)4)40(35)41-27-32-17-12-14-25-38(32)42(28-41)31(5)37-22-13-15-26-39(37)43(33-18-8-6-9-19-33)34-20-10-7-11-21-34/h6-26,29-31H,27-28H2,1-5H3/t31-/m0/s1. The van der Waals surface area contributed by atoms with E-state index in [1.807, 2.05) is 0 Å². The first-order valence-corrected chi connectivity index (χ1v) is 17.0. The van der Waals surface area contributed by atoms with Crippen LogP contribution in [0.2, 0.25) is 0 Å². The number of nitrogens with zero attached hydrogens (tertiary/aromatic N) is 2. The zero-order valence-electron chi connectivity index (χ0n) is 26.1. The molecule has 0 saturated carbocycles. The van der Waals surface area contributed by atoms with E-state index in [2.05, 4.69) is 172 Å². The summed E-state index contributed by atoms with van der Waals surface area (Å²) in [5, 5.41) is 4.20. The van der Waals surface area contributed by atoms with Gasteiger partial charge in [-0.15, -0.1) is 0 Å². The van der Waals surface area contributed by atoms with Crippen molar-refractivity contribution < 1.29 is 0 Å². The third-order valence-electron chi connectivity index (χ3n) is 8.77. The summed E-state index contributed by atoms with van der Waals surface area (Å²) in [6, 6.07) is 47.5. The maximum atomic E-state index is 2.64. The highest BCUT2D eigenvalue weighted by atomic mass is 31.1. The number of para-hydroxylation sites is 2. The first-order chi connectivity index (χ1) is 20.9. The molecular weight excluding hydrogens is 539 g/mol. The molecular formula is C40H43N2P. The molecule has 0 amide bonds. The maximum Gasteiger partial charge on any atom is 0.0912 e. The molecule has 1 aliphatic rings. The number of rotatable bonds is 8. The Morgan fingerprint density at radius 3 is 1.65 bits per heavy atom. The molecule has 0 spiro atoms. The normalized spacial score (nSPS) is 14.0. The van der Waals surface area contributed by atoms with E-state index >= 15 is 0 Å². The van der Waals surface area contributed by atoms with Crippen molar-refractivity contribution in [3.63, 3.8) is 0 Å². The number of hydrogen-bond donors (Lipinski definition) is 0. The van der Waals surface area contributed by atoms with E-state index in [9.17, 15) is 0 Å². The Bertz CT molecular complexity index is 1600. The van der Waals surface area contributed by atoms with Crippen LogP contribution in [0, 0.1) is 0 Å². The van der Waals surface area contributed by atoms with Gasteiger partial charge in [0, 0.05) is 17.9 Å². The second-order valence-electron chi connectivity index (χ2n) is 12.3. The lowest BCUT2D eigenvalue weighted by Crippen LogP contribution is -2.45. The van der Waals surface area contributed by atoms with Gasteiger partial charge in [-0.3, -0.25) is 0 Å². The van der Waals surface area contributed by atoms with E-state index in [0.29, 0.717) is 11.8 Å². The van der Waals surface area contributed by atoms with Crippen LogP contribution in [-0.2, 0) is 6.54 Å². The molecule has 5 aromatic carbocycles. The van der Waals surface area contributed by atoms with Crippen LogP contribution < -0.4 is 25.7 Å². The first kappa shape index (κ1) is 29.2. The van der Waals surface area contributed by atoms with Crippen LogP contribution in [0.1, 0.15) is 74.8 Å². The third-order valence-corrected chi connectivity index (χ3v) is 11.3. The molecule has 43 heavy (non-hydrogen) atoms. The molecule has 0 saturated heterocycles. The predicted molar refractivity (Wildman–Crippen MR) is 188 cm³/mol. The fraction of sp³-hybridized carbons (Fsp3) is 0.250. The minimum atomic E-state index is -0.710. The van der Waals surface area contributed by atoms with Gasteiger partial charge >= 0.3 is 0 Å². The SMILES string of the molecule is CC(C)c1cccc(C(C)C)c1N1Cc2ccccc2N([C@@H](C)c2ccccc2P(c2ccccc2)c2ccccc2)C1. The Labute approximate surface area is 259 Å². The smallest absolute Gasteiger partial charge is 0.0912 e. The minimum Gasteiger partial charge on any atom is -0.349 e. The van der Waals surface area contributed by atoms with Crippen molar-refractivity contribution in [2.75, 3.05) is 16.5 Å². The molecule has 0 aliphatic carbocycles. The third kappa shape index (κ3) is 5.86. The number of hydrogen-bond acceptors (Lipinski definition) is 2. The second kappa shape index (κ2) is 12.8. The molecule has 3 heteroatoms. The van der Waals surface area contributed by atoms with E-state index in [4.69, 9.17) is 0 Å². The van der Waals surface area contributed by atoms with Crippen molar-refractivity contribution in [3.05, 3.63) is 150 Å². The van der Waals surface area contributed by atoms with Gasteiger partial charge in [-0.05, 0) is 70.9 Å². The minimum absolute atomic E-state index is 0.186. The largest absolute Gasteiger partial charge is 0.349 e. The van der Waals surface area contributed by atoms with E-state index in [1.54, 1.807) is 0 Å². The Kier molecular flexibility index (Phi) is 8.68. The fourth-order valence-electron chi connectivity index (χ4n) is 6.59. The van der Waals surface area contributed by atoms with Crippen molar-refractivity contribution in [2.24, 2.45) is 0 Å². The summed E-state index contributed by atoms with van der Waals surface area (Å²) >= 11 is 0. The van der Waals surface area contributed by atoms with Crippen LogP contribution in [0.25, 0.3) is 0 Å². The Morgan fingerprint density at radius 1 is 0.535 bits per heavy atom. The van der Waals surface area contributed by atoms with Crippen molar-refractivity contribution in [1.82, 2.24) is 0 Å². The van der Waals surface area contributed by atoms with Crippen LogP contribution in [0.4, 0.5) is 11.4 Å². The van der Waals surface area contributed by atoms with Gasteiger partial charge in [0.25, 0.3) is 0 Å². The lowest BCUT2D eigenvalue weighted by atomic mass is 9.91. The van der Waals surface area contributed by atoms with Crippen LogP contribution in [0.3, 0.4) is 0 Å². The fourth-order valence-corrected chi connectivity index (χ4v) is 9.14. The van der Waals surface area contributed by atoms with E-state index in [-0.39, 0.29) is 6.04 Å². The van der Waals surface area contributed by atoms with Gasteiger partial charge in [0.05, 0.1) is 12.7 Å². The van der Waals surface area contributed by atoms with Crippen LogP contribution in [0.15, 0.2) is 127 Å². The molecule has 1 atom stereocenters. The van der Waals surface area contributed by atoms with Crippen molar-refractivity contribution in [3.8, 4) is 0 Å². The second-order valence-corrected chi connectivity index (χ2v) is 14.5. The van der Waals surface area contributed by atoms with Crippen LogP contribution >= 0.6 is 7.92 Å². The lowest BCUT2D eigenvalue weighted by Gasteiger charge is -2.45. The molecule has 0 unspecified atom stereocenters. The molecule has 0 bridgehead atoms. The first-order valence-electron chi connectivity index (χ1n) is 15.7. The summed E-state index contributed by atoms with van der Waals surface area (Å²) in [6.45, 7) is 13.5. The molecule has 218 valence electrons. The van der Waals surface area contributed by atoms with Gasteiger partial charge in [0.1, 0.15) is 0 Å². The van der Waals surface area contributed by atoms with Gasteiger partial charge in [-0.2, -0.15) is 0 Å². The molecule has 1 aliphatic heterocycles. The summed E-state index contributed by atoms with van der Waals surface area (Å²) in [5.41, 5.74) is 8.44. The highest BCUT2D eigenvalue weighted by molar-refractivity contribution is 7.79.